The molecule has 0 saturated carbocycles. The van der Waals surface area contributed by atoms with Gasteiger partial charge in [-0.3, -0.25) is 14.2 Å². The third-order valence-electron chi connectivity index (χ3n) is 4.60. The summed E-state index contributed by atoms with van der Waals surface area (Å²) in [6, 6.07) is 11.8. The normalized spacial score (nSPS) is 12.3. The molecule has 0 aliphatic carbocycles. The van der Waals surface area contributed by atoms with Crippen LogP contribution in [0, 0.1) is 11.7 Å². The predicted molar refractivity (Wildman–Crippen MR) is 108 cm³/mol. The van der Waals surface area contributed by atoms with Crippen molar-refractivity contribution >= 4 is 16.8 Å². The third-order valence-corrected chi connectivity index (χ3v) is 4.60. The van der Waals surface area contributed by atoms with Crippen molar-refractivity contribution in [1.82, 2.24) is 14.9 Å². The number of carbonyl (C=O) groups excluding carboxylic acids is 1. The molecule has 146 valence electrons. The maximum Gasteiger partial charge on any atom is 0.261 e. The van der Waals surface area contributed by atoms with Gasteiger partial charge in [-0.15, -0.1) is 0 Å². The Kier molecular flexibility index (Phi) is 5.87. The average Bonchev–Trinajstić information content (AvgIpc) is 2.64. The van der Waals surface area contributed by atoms with Gasteiger partial charge in [-0.2, -0.15) is 0 Å². The Morgan fingerprint density at radius 2 is 1.86 bits per heavy atom. The SMILES string of the molecule is CC(C)Cc1ccc(C(C)NC(=O)Cn2cnc3cc(F)ccc3c2=O)cc1. The molecule has 0 radical (unpaired) electrons. The van der Waals surface area contributed by atoms with Gasteiger partial charge in [-0.05, 0) is 42.5 Å². The Morgan fingerprint density at radius 1 is 1.14 bits per heavy atom. The first-order chi connectivity index (χ1) is 13.3. The zero-order valence-electron chi connectivity index (χ0n) is 16.3. The number of nitrogens with zero attached hydrogens (tertiary/aromatic N) is 2. The second-order valence-corrected chi connectivity index (χ2v) is 7.47. The van der Waals surface area contributed by atoms with Crippen molar-refractivity contribution in [2.75, 3.05) is 0 Å². The number of carbonyl (C=O) groups is 1. The Balaban J connectivity index is 1.68. The number of halogens is 1. The molecule has 28 heavy (non-hydrogen) atoms. The van der Waals surface area contributed by atoms with E-state index < -0.39 is 5.82 Å². The van der Waals surface area contributed by atoms with E-state index in [4.69, 9.17) is 0 Å². The van der Waals surface area contributed by atoms with Gasteiger partial charge in [0.1, 0.15) is 12.4 Å². The van der Waals surface area contributed by atoms with E-state index in [0.717, 1.165) is 12.0 Å². The Hall–Kier alpha value is -3.02. The van der Waals surface area contributed by atoms with Crippen LogP contribution in [-0.2, 0) is 17.8 Å². The first kappa shape index (κ1) is 19.7. The maximum absolute atomic E-state index is 13.3. The lowest BCUT2D eigenvalue weighted by molar-refractivity contribution is -0.122. The molecule has 2 aromatic carbocycles. The minimum absolute atomic E-state index is 0.144. The van der Waals surface area contributed by atoms with Crippen LogP contribution in [0.2, 0.25) is 0 Å². The lowest BCUT2D eigenvalue weighted by Crippen LogP contribution is -2.34. The smallest absolute Gasteiger partial charge is 0.261 e. The molecule has 0 aliphatic rings. The fourth-order valence-electron chi connectivity index (χ4n) is 3.18. The summed E-state index contributed by atoms with van der Waals surface area (Å²) in [6.45, 7) is 6.11. The molecule has 1 N–H and O–H groups in total. The summed E-state index contributed by atoms with van der Waals surface area (Å²) in [5.41, 5.74) is 2.17. The zero-order valence-corrected chi connectivity index (χ0v) is 16.3. The lowest BCUT2D eigenvalue weighted by atomic mass is 10.00. The molecule has 6 heteroatoms. The first-order valence-electron chi connectivity index (χ1n) is 9.36. The van der Waals surface area contributed by atoms with E-state index in [1.165, 1.54) is 34.7 Å². The number of rotatable bonds is 6. The molecular formula is C22H24FN3O2. The molecule has 1 amide bonds. The first-order valence-corrected chi connectivity index (χ1v) is 9.36. The third kappa shape index (κ3) is 4.63. The summed E-state index contributed by atoms with van der Waals surface area (Å²) in [5.74, 6) is -0.152. The van der Waals surface area contributed by atoms with Crippen molar-refractivity contribution < 1.29 is 9.18 Å². The Morgan fingerprint density at radius 3 is 2.54 bits per heavy atom. The Bertz CT molecular complexity index is 1040. The fraction of sp³-hybridized carbons (Fsp3) is 0.318. The van der Waals surface area contributed by atoms with E-state index in [0.29, 0.717) is 5.92 Å². The second-order valence-electron chi connectivity index (χ2n) is 7.47. The predicted octanol–water partition coefficient (Wildman–Crippen LogP) is 3.61. The van der Waals surface area contributed by atoms with E-state index >= 15 is 0 Å². The van der Waals surface area contributed by atoms with Gasteiger partial charge in [0, 0.05) is 6.07 Å². The number of amides is 1. The molecule has 0 fully saturated rings. The number of hydrogen-bond donors (Lipinski definition) is 1. The van der Waals surface area contributed by atoms with Crippen molar-refractivity contribution in [2.24, 2.45) is 5.92 Å². The van der Waals surface area contributed by atoms with E-state index in [2.05, 4.69) is 36.3 Å². The fourth-order valence-corrected chi connectivity index (χ4v) is 3.18. The molecule has 1 unspecified atom stereocenters. The Labute approximate surface area is 163 Å². The summed E-state index contributed by atoms with van der Waals surface area (Å²) in [4.78, 5) is 28.9. The van der Waals surface area contributed by atoms with Gasteiger partial charge < -0.3 is 5.32 Å². The molecule has 0 spiro atoms. The van der Waals surface area contributed by atoms with Crippen molar-refractivity contribution in [2.45, 2.75) is 39.8 Å². The van der Waals surface area contributed by atoms with E-state index in [1.54, 1.807) is 0 Å². The van der Waals surface area contributed by atoms with Crippen LogP contribution in [-0.4, -0.2) is 15.5 Å². The topological polar surface area (TPSA) is 64.0 Å². The van der Waals surface area contributed by atoms with Crippen LogP contribution >= 0.6 is 0 Å². The highest BCUT2D eigenvalue weighted by atomic mass is 19.1. The molecule has 5 nitrogen and oxygen atoms in total. The van der Waals surface area contributed by atoms with Gasteiger partial charge in [-0.25, -0.2) is 9.37 Å². The van der Waals surface area contributed by atoms with Crippen LogP contribution in [0.3, 0.4) is 0 Å². The van der Waals surface area contributed by atoms with Gasteiger partial charge in [0.2, 0.25) is 5.91 Å². The zero-order chi connectivity index (χ0) is 20.3. The van der Waals surface area contributed by atoms with Gasteiger partial charge in [0.15, 0.2) is 0 Å². The van der Waals surface area contributed by atoms with Crippen LogP contribution in [0.1, 0.15) is 37.9 Å². The van der Waals surface area contributed by atoms with Crippen molar-refractivity contribution in [3.05, 3.63) is 76.1 Å². The molecule has 0 aliphatic heterocycles. The minimum Gasteiger partial charge on any atom is -0.348 e. The van der Waals surface area contributed by atoms with E-state index in [1.807, 2.05) is 19.1 Å². The number of benzene rings is 2. The lowest BCUT2D eigenvalue weighted by Gasteiger charge is -2.16. The van der Waals surface area contributed by atoms with Crippen molar-refractivity contribution in [3.63, 3.8) is 0 Å². The molecule has 0 bridgehead atoms. The summed E-state index contributed by atoms with van der Waals surface area (Å²) in [7, 11) is 0. The molecular weight excluding hydrogens is 357 g/mol. The van der Waals surface area contributed by atoms with Crippen LogP contribution in [0.5, 0.6) is 0 Å². The summed E-state index contributed by atoms with van der Waals surface area (Å²) < 4.78 is 14.5. The highest BCUT2D eigenvalue weighted by Gasteiger charge is 2.12. The molecule has 1 heterocycles. The van der Waals surface area contributed by atoms with E-state index in [-0.39, 0.29) is 35.0 Å². The van der Waals surface area contributed by atoms with Crippen LogP contribution < -0.4 is 10.9 Å². The van der Waals surface area contributed by atoms with Crippen LogP contribution in [0.25, 0.3) is 10.9 Å². The van der Waals surface area contributed by atoms with Gasteiger partial charge in [-0.1, -0.05) is 38.1 Å². The van der Waals surface area contributed by atoms with Crippen LogP contribution in [0.15, 0.2) is 53.6 Å². The monoisotopic (exact) mass is 381 g/mol. The molecule has 0 saturated heterocycles. The highest BCUT2D eigenvalue weighted by Crippen LogP contribution is 2.15. The van der Waals surface area contributed by atoms with E-state index in [9.17, 15) is 14.0 Å². The number of hydrogen-bond acceptors (Lipinski definition) is 3. The van der Waals surface area contributed by atoms with Gasteiger partial charge >= 0.3 is 0 Å². The molecule has 3 rings (SSSR count). The summed E-state index contributed by atoms with van der Waals surface area (Å²) >= 11 is 0. The second kappa shape index (κ2) is 8.33. The molecule has 1 atom stereocenters. The number of fused-ring (bicyclic) bond motifs is 1. The largest absolute Gasteiger partial charge is 0.348 e. The standard InChI is InChI=1S/C22H24FN3O2/c1-14(2)10-16-4-6-17(7-5-16)15(3)25-21(27)12-26-13-24-20-11-18(23)8-9-19(20)22(26)28/h4-9,11,13-15H,10,12H2,1-3H3,(H,25,27). The van der Waals surface area contributed by atoms with Crippen molar-refractivity contribution in [3.8, 4) is 0 Å². The molecule has 3 aromatic rings. The summed E-state index contributed by atoms with van der Waals surface area (Å²) in [5, 5.41) is 3.19. The maximum atomic E-state index is 13.3. The van der Waals surface area contributed by atoms with Crippen LogP contribution in [0.4, 0.5) is 4.39 Å². The number of nitrogens with one attached hydrogen (secondary N) is 1. The molecule has 1 aromatic heterocycles. The summed E-state index contributed by atoms with van der Waals surface area (Å²) in [6.07, 6.45) is 2.29. The van der Waals surface area contributed by atoms with Gasteiger partial charge in [0.05, 0.1) is 23.3 Å². The highest BCUT2D eigenvalue weighted by molar-refractivity contribution is 5.79. The minimum atomic E-state index is -0.455. The van der Waals surface area contributed by atoms with Crippen molar-refractivity contribution in [1.29, 1.82) is 0 Å². The number of aromatic nitrogens is 2. The average molecular weight is 381 g/mol. The quantitative estimate of drug-likeness (QED) is 0.709. The van der Waals surface area contributed by atoms with Gasteiger partial charge in [0.25, 0.3) is 5.56 Å².